The molecule has 142 valence electrons. The number of amides is 2. The van der Waals surface area contributed by atoms with Crippen molar-refractivity contribution in [2.75, 3.05) is 16.8 Å². The number of carbonyl (C=O) groups is 2. The lowest BCUT2D eigenvalue weighted by molar-refractivity contribution is -0.115. The van der Waals surface area contributed by atoms with Crippen LogP contribution in [0.4, 0.5) is 11.4 Å². The zero-order valence-corrected chi connectivity index (χ0v) is 16.2. The van der Waals surface area contributed by atoms with Crippen molar-refractivity contribution in [1.29, 1.82) is 0 Å². The van der Waals surface area contributed by atoms with Crippen molar-refractivity contribution in [3.05, 3.63) is 95.6 Å². The van der Waals surface area contributed by atoms with Gasteiger partial charge in [0, 0.05) is 23.5 Å². The van der Waals surface area contributed by atoms with Crippen molar-refractivity contribution in [2.45, 2.75) is 20.3 Å². The van der Waals surface area contributed by atoms with E-state index in [1.54, 1.807) is 29.2 Å². The van der Waals surface area contributed by atoms with Gasteiger partial charge in [-0.3, -0.25) is 9.59 Å². The number of rotatable bonds is 6. The average Bonchev–Trinajstić information content (AvgIpc) is 2.71. The molecule has 0 fully saturated rings. The van der Waals surface area contributed by atoms with Gasteiger partial charge in [-0.05, 0) is 55.3 Å². The molecule has 2 amide bonds. The van der Waals surface area contributed by atoms with E-state index in [1.807, 2.05) is 68.4 Å². The van der Waals surface area contributed by atoms with E-state index in [4.69, 9.17) is 0 Å². The van der Waals surface area contributed by atoms with Crippen molar-refractivity contribution in [1.82, 2.24) is 0 Å². The van der Waals surface area contributed by atoms with Gasteiger partial charge in [-0.25, -0.2) is 0 Å². The largest absolute Gasteiger partial charge is 0.326 e. The van der Waals surface area contributed by atoms with Crippen LogP contribution in [-0.4, -0.2) is 18.4 Å². The molecule has 0 saturated carbocycles. The molecule has 3 aromatic carbocycles. The molecule has 3 rings (SSSR count). The molecule has 4 heteroatoms. The lowest BCUT2D eigenvalue weighted by Crippen LogP contribution is -2.30. The Morgan fingerprint density at radius 3 is 2.32 bits per heavy atom. The maximum absolute atomic E-state index is 13.0. The molecule has 0 bridgehead atoms. The van der Waals surface area contributed by atoms with Crippen molar-refractivity contribution in [3.8, 4) is 0 Å². The summed E-state index contributed by atoms with van der Waals surface area (Å²) < 4.78 is 0. The minimum Gasteiger partial charge on any atom is -0.326 e. The Morgan fingerprint density at radius 2 is 1.61 bits per heavy atom. The molecule has 4 nitrogen and oxygen atoms in total. The highest BCUT2D eigenvalue weighted by molar-refractivity contribution is 6.07. The Balaban J connectivity index is 1.73. The molecule has 0 saturated heterocycles. The Kier molecular flexibility index (Phi) is 6.22. The first-order chi connectivity index (χ1) is 13.6. The molecule has 0 aliphatic carbocycles. The summed E-state index contributed by atoms with van der Waals surface area (Å²) in [6.07, 6.45) is 0.302. The molecule has 28 heavy (non-hydrogen) atoms. The third kappa shape index (κ3) is 4.65. The molecule has 0 radical (unpaired) electrons. The number of nitrogens with one attached hydrogen (secondary N) is 1. The van der Waals surface area contributed by atoms with E-state index in [1.165, 1.54) is 0 Å². The first kappa shape index (κ1) is 19.4. The van der Waals surface area contributed by atoms with Crippen LogP contribution in [0.15, 0.2) is 78.9 Å². The van der Waals surface area contributed by atoms with Gasteiger partial charge in [0.05, 0.1) is 6.42 Å². The lowest BCUT2D eigenvalue weighted by Gasteiger charge is -2.21. The lowest BCUT2D eigenvalue weighted by atomic mass is 10.1. The van der Waals surface area contributed by atoms with E-state index in [0.29, 0.717) is 24.2 Å². The van der Waals surface area contributed by atoms with E-state index in [-0.39, 0.29) is 11.8 Å². The SMILES string of the molecule is CCN(C(=O)c1cccc(NC(=O)Cc2ccccc2C)c1)c1ccccc1. The predicted molar refractivity (Wildman–Crippen MR) is 114 cm³/mol. The number of anilines is 2. The summed E-state index contributed by atoms with van der Waals surface area (Å²) >= 11 is 0. The van der Waals surface area contributed by atoms with Crippen LogP contribution >= 0.6 is 0 Å². The number of nitrogens with zero attached hydrogens (tertiary/aromatic N) is 1. The van der Waals surface area contributed by atoms with Crippen LogP contribution in [0.5, 0.6) is 0 Å². The highest BCUT2D eigenvalue weighted by atomic mass is 16.2. The topological polar surface area (TPSA) is 49.4 Å². The second-order valence-electron chi connectivity index (χ2n) is 6.62. The summed E-state index contributed by atoms with van der Waals surface area (Å²) in [5.41, 5.74) is 4.09. The smallest absolute Gasteiger partial charge is 0.258 e. The van der Waals surface area contributed by atoms with Crippen LogP contribution < -0.4 is 10.2 Å². The fourth-order valence-corrected chi connectivity index (χ4v) is 3.12. The van der Waals surface area contributed by atoms with Crippen molar-refractivity contribution < 1.29 is 9.59 Å². The normalized spacial score (nSPS) is 10.4. The maximum atomic E-state index is 13.0. The summed E-state index contributed by atoms with van der Waals surface area (Å²) in [7, 11) is 0. The standard InChI is InChI=1S/C24H24N2O2/c1-3-26(22-14-5-4-6-15-22)24(28)20-12-9-13-21(16-20)25-23(27)17-19-11-8-7-10-18(19)2/h4-16H,3,17H2,1-2H3,(H,25,27). The Hall–Kier alpha value is -3.40. The van der Waals surface area contributed by atoms with E-state index < -0.39 is 0 Å². The third-order valence-corrected chi connectivity index (χ3v) is 4.63. The molecule has 0 unspecified atom stereocenters. The molecule has 0 spiro atoms. The quantitative estimate of drug-likeness (QED) is 0.673. The average molecular weight is 372 g/mol. The molecule has 0 aliphatic rings. The molecular weight excluding hydrogens is 348 g/mol. The summed E-state index contributed by atoms with van der Waals surface area (Å²) in [4.78, 5) is 27.1. The van der Waals surface area contributed by atoms with Crippen LogP contribution in [0.3, 0.4) is 0 Å². The fourth-order valence-electron chi connectivity index (χ4n) is 3.12. The van der Waals surface area contributed by atoms with Gasteiger partial charge in [0.15, 0.2) is 0 Å². The van der Waals surface area contributed by atoms with Gasteiger partial charge in [-0.1, -0.05) is 48.5 Å². The van der Waals surface area contributed by atoms with Gasteiger partial charge in [0.2, 0.25) is 5.91 Å². The van der Waals surface area contributed by atoms with Gasteiger partial charge >= 0.3 is 0 Å². The van der Waals surface area contributed by atoms with Crippen molar-refractivity contribution in [3.63, 3.8) is 0 Å². The minimum atomic E-state index is -0.102. The van der Waals surface area contributed by atoms with Gasteiger partial charge in [0.25, 0.3) is 5.91 Å². The minimum absolute atomic E-state index is 0.0938. The van der Waals surface area contributed by atoms with E-state index in [0.717, 1.165) is 16.8 Å². The maximum Gasteiger partial charge on any atom is 0.258 e. The summed E-state index contributed by atoms with van der Waals surface area (Å²) in [6, 6.07) is 24.5. The number of aryl methyl sites for hydroxylation is 1. The van der Waals surface area contributed by atoms with E-state index in [9.17, 15) is 9.59 Å². The first-order valence-electron chi connectivity index (χ1n) is 9.40. The third-order valence-electron chi connectivity index (χ3n) is 4.63. The number of hydrogen-bond acceptors (Lipinski definition) is 2. The van der Waals surface area contributed by atoms with E-state index in [2.05, 4.69) is 5.32 Å². The fraction of sp³-hybridized carbons (Fsp3) is 0.167. The summed E-state index contributed by atoms with van der Waals surface area (Å²) in [5, 5.41) is 2.90. The predicted octanol–water partition coefficient (Wildman–Crippen LogP) is 4.84. The number of benzene rings is 3. The van der Waals surface area contributed by atoms with Gasteiger partial charge in [0.1, 0.15) is 0 Å². The van der Waals surface area contributed by atoms with Crippen LogP contribution in [0.25, 0.3) is 0 Å². The highest BCUT2D eigenvalue weighted by Gasteiger charge is 2.16. The number of carbonyl (C=O) groups excluding carboxylic acids is 2. The second kappa shape index (κ2) is 9.00. The van der Waals surface area contributed by atoms with Crippen LogP contribution in [0.1, 0.15) is 28.4 Å². The van der Waals surface area contributed by atoms with Gasteiger partial charge in [-0.15, -0.1) is 0 Å². The highest BCUT2D eigenvalue weighted by Crippen LogP contribution is 2.19. The molecule has 3 aromatic rings. The van der Waals surface area contributed by atoms with E-state index >= 15 is 0 Å². The summed E-state index contributed by atoms with van der Waals surface area (Å²) in [6.45, 7) is 4.50. The second-order valence-corrected chi connectivity index (χ2v) is 6.62. The molecule has 1 N–H and O–H groups in total. The van der Waals surface area contributed by atoms with Gasteiger partial charge < -0.3 is 10.2 Å². The number of hydrogen-bond donors (Lipinski definition) is 1. The Morgan fingerprint density at radius 1 is 0.893 bits per heavy atom. The Labute approximate surface area is 165 Å². The van der Waals surface area contributed by atoms with Gasteiger partial charge in [-0.2, -0.15) is 0 Å². The molecule has 0 aliphatic heterocycles. The molecule has 0 atom stereocenters. The zero-order valence-electron chi connectivity index (χ0n) is 16.2. The first-order valence-corrected chi connectivity index (χ1v) is 9.40. The summed E-state index contributed by atoms with van der Waals surface area (Å²) in [5.74, 6) is -0.196. The monoisotopic (exact) mass is 372 g/mol. The van der Waals surface area contributed by atoms with Crippen molar-refractivity contribution >= 4 is 23.2 Å². The van der Waals surface area contributed by atoms with Crippen LogP contribution in [0, 0.1) is 6.92 Å². The molecular formula is C24H24N2O2. The molecule has 0 heterocycles. The zero-order chi connectivity index (χ0) is 19.9. The number of para-hydroxylation sites is 1. The molecule has 0 aromatic heterocycles. The van der Waals surface area contributed by atoms with Crippen molar-refractivity contribution in [2.24, 2.45) is 0 Å². The van der Waals surface area contributed by atoms with Crippen LogP contribution in [0.2, 0.25) is 0 Å². The van der Waals surface area contributed by atoms with Crippen LogP contribution in [-0.2, 0) is 11.2 Å². The Bertz CT molecular complexity index is 967.